The van der Waals surface area contributed by atoms with Crippen LogP contribution in [0.4, 0.5) is 0 Å². The molecule has 44 heavy (non-hydrogen) atoms. The van der Waals surface area contributed by atoms with Gasteiger partial charge in [-0.2, -0.15) is 0 Å². The number of rotatable bonds is 15. The van der Waals surface area contributed by atoms with E-state index in [0.717, 1.165) is 54.4 Å². The summed E-state index contributed by atoms with van der Waals surface area (Å²) in [7, 11) is 0. The Hall–Kier alpha value is -3.38. The molecule has 0 aliphatic carbocycles. The lowest BCUT2D eigenvalue weighted by Crippen LogP contribution is -2.39. The molecule has 1 atom stereocenters. The van der Waals surface area contributed by atoms with Gasteiger partial charge in [-0.3, -0.25) is 4.79 Å². The van der Waals surface area contributed by atoms with Crippen LogP contribution in [-0.4, -0.2) is 35.9 Å². The van der Waals surface area contributed by atoms with Gasteiger partial charge in [0.25, 0.3) is 0 Å². The van der Waals surface area contributed by atoms with Crippen molar-refractivity contribution < 1.29 is 28.6 Å². The molecule has 0 amide bonds. The van der Waals surface area contributed by atoms with Crippen molar-refractivity contribution in [3.8, 4) is 0 Å². The molecule has 1 aliphatic rings. The normalized spacial score (nSPS) is 17.9. The maximum atomic E-state index is 12.7. The van der Waals surface area contributed by atoms with E-state index in [9.17, 15) is 14.7 Å². The average Bonchev–Trinajstić information content (AvgIpc) is 3.48. The Bertz CT molecular complexity index is 1430. The lowest BCUT2D eigenvalue weighted by molar-refractivity contribution is -0.166. The Kier molecular flexibility index (Phi) is 11.5. The molecule has 1 aromatic heterocycles. The summed E-state index contributed by atoms with van der Waals surface area (Å²) in [6.45, 7) is 12.4. The fraction of sp³-hybridized carbons (Fsp3) is 0.526. The van der Waals surface area contributed by atoms with Crippen LogP contribution in [0.2, 0.25) is 0 Å². The first kappa shape index (κ1) is 33.5. The molecule has 1 fully saturated rings. The Morgan fingerprint density at radius 1 is 0.977 bits per heavy atom. The van der Waals surface area contributed by atoms with Crippen LogP contribution in [0.1, 0.15) is 87.8 Å². The molecule has 6 nitrogen and oxygen atoms in total. The third-order valence-corrected chi connectivity index (χ3v) is 8.65. The number of cyclic esters (lactones) is 1. The predicted molar refractivity (Wildman–Crippen MR) is 174 cm³/mol. The van der Waals surface area contributed by atoms with Crippen molar-refractivity contribution in [2.45, 2.75) is 98.5 Å². The minimum Gasteiger partial charge on any atom is -0.461 e. The van der Waals surface area contributed by atoms with E-state index in [0.29, 0.717) is 29.7 Å². The third kappa shape index (κ3) is 9.07. The smallest absolute Gasteiger partial charge is 0.334 e. The SMILES string of the molecule is Cc1ccc(CCc2ccc3oc(CCC(=O)OC[C@]4(CO)C/C(=C\CC(CC(C)C)CC(C)C)C(=O)O4)c(C)c3c2)cc1. The Balaban J connectivity index is 1.30. The van der Waals surface area contributed by atoms with Gasteiger partial charge in [-0.25, -0.2) is 4.79 Å². The fourth-order valence-corrected chi connectivity index (χ4v) is 6.27. The number of aliphatic hydroxyl groups is 1. The number of furan rings is 1. The Morgan fingerprint density at radius 2 is 1.64 bits per heavy atom. The largest absolute Gasteiger partial charge is 0.461 e. The summed E-state index contributed by atoms with van der Waals surface area (Å²) in [5.74, 6) is 1.57. The monoisotopic (exact) mass is 602 g/mol. The highest BCUT2D eigenvalue weighted by Gasteiger charge is 2.44. The number of carbonyl (C=O) groups is 2. The van der Waals surface area contributed by atoms with Crippen LogP contribution < -0.4 is 0 Å². The highest BCUT2D eigenvalue weighted by Crippen LogP contribution is 2.33. The van der Waals surface area contributed by atoms with Gasteiger partial charge in [0.2, 0.25) is 0 Å². The quantitative estimate of drug-likeness (QED) is 0.140. The molecule has 1 N–H and O–H groups in total. The zero-order chi connectivity index (χ0) is 31.9. The highest BCUT2D eigenvalue weighted by atomic mass is 16.6. The molecule has 6 heteroatoms. The number of allylic oxidation sites excluding steroid dienone is 1. The summed E-state index contributed by atoms with van der Waals surface area (Å²) in [5, 5.41) is 11.2. The van der Waals surface area contributed by atoms with Gasteiger partial charge in [0.1, 0.15) is 18.0 Å². The Morgan fingerprint density at radius 3 is 2.30 bits per heavy atom. The van der Waals surface area contributed by atoms with Gasteiger partial charge in [0.05, 0.1) is 13.0 Å². The van der Waals surface area contributed by atoms with Crippen LogP contribution in [0.5, 0.6) is 0 Å². The molecule has 2 heterocycles. The average molecular weight is 603 g/mol. The molecule has 1 saturated heterocycles. The Labute approximate surface area is 262 Å². The molecule has 0 bridgehead atoms. The minimum atomic E-state index is -1.23. The molecule has 0 spiro atoms. The number of carbonyl (C=O) groups excluding carboxylic acids is 2. The summed E-state index contributed by atoms with van der Waals surface area (Å²) < 4.78 is 17.2. The van der Waals surface area contributed by atoms with Crippen molar-refractivity contribution in [1.82, 2.24) is 0 Å². The molecule has 0 saturated carbocycles. The summed E-state index contributed by atoms with van der Waals surface area (Å²) >= 11 is 0. The standard InChI is InChI=1S/C38H50O6/c1-25(2)19-31(20-26(3)4)13-15-32-22-38(23-39,44-37(32)41)24-42-36(40)18-17-34-28(6)33-21-30(14-16-35(33)43-34)12-11-29-9-7-27(5)8-10-29/h7-10,14-16,21,25-26,31,39H,11-13,17-20,22-24H2,1-6H3/b32-15+/t38-/m1/s1. The molecule has 3 aromatic rings. The van der Waals surface area contributed by atoms with Crippen LogP contribution in [0.25, 0.3) is 11.0 Å². The molecule has 238 valence electrons. The molecule has 2 aromatic carbocycles. The fourth-order valence-electron chi connectivity index (χ4n) is 6.27. The van der Waals surface area contributed by atoms with Crippen LogP contribution >= 0.6 is 0 Å². The third-order valence-electron chi connectivity index (χ3n) is 8.65. The van der Waals surface area contributed by atoms with Gasteiger partial charge < -0.3 is 19.0 Å². The molecule has 4 rings (SSSR count). The number of esters is 2. The number of aryl methyl sites for hydroxylation is 5. The van der Waals surface area contributed by atoms with Crippen molar-refractivity contribution >= 4 is 22.9 Å². The van der Waals surface area contributed by atoms with E-state index in [1.807, 2.05) is 19.1 Å². The number of ether oxygens (including phenoxy) is 2. The first-order valence-corrected chi connectivity index (χ1v) is 16.2. The zero-order valence-corrected chi connectivity index (χ0v) is 27.4. The summed E-state index contributed by atoms with van der Waals surface area (Å²) in [6, 6.07) is 14.9. The first-order chi connectivity index (χ1) is 21.0. The number of hydrogen-bond donors (Lipinski definition) is 1. The van der Waals surface area contributed by atoms with E-state index >= 15 is 0 Å². The first-order valence-electron chi connectivity index (χ1n) is 16.2. The topological polar surface area (TPSA) is 86.0 Å². The van der Waals surface area contributed by atoms with Gasteiger partial charge in [-0.05, 0) is 92.5 Å². The lowest BCUT2D eigenvalue weighted by atomic mass is 9.86. The van der Waals surface area contributed by atoms with Crippen molar-refractivity contribution in [3.63, 3.8) is 0 Å². The van der Waals surface area contributed by atoms with Gasteiger partial charge >= 0.3 is 11.9 Å². The maximum Gasteiger partial charge on any atom is 0.334 e. The van der Waals surface area contributed by atoms with E-state index in [4.69, 9.17) is 13.9 Å². The second-order valence-electron chi connectivity index (χ2n) is 13.6. The van der Waals surface area contributed by atoms with Crippen LogP contribution in [0.15, 0.2) is 58.5 Å². The number of fused-ring (bicyclic) bond motifs is 1. The zero-order valence-electron chi connectivity index (χ0n) is 27.4. The van der Waals surface area contributed by atoms with Crippen LogP contribution in [0.3, 0.4) is 0 Å². The number of hydrogen-bond acceptors (Lipinski definition) is 6. The molecule has 1 aliphatic heterocycles. The van der Waals surface area contributed by atoms with E-state index in [-0.39, 0.29) is 19.4 Å². The van der Waals surface area contributed by atoms with E-state index < -0.39 is 24.1 Å². The molecule has 0 radical (unpaired) electrons. The van der Waals surface area contributed by atoms with Crippen molar-refractivity contribution in [3.05, 3.63) is 82.1 Å². The molecular formula is C38H50O6. The van der Waals surface area contributed by atoms with E-state index in [2.05, 4.69) is 71.0 Å². The second kappa shape index (κ2) is 15.1. The summed E-state index contributed by atoms with van der Waals surface area (Å²) in [5.41, 5.74) is 5.00. The minimum absolute atomic E-state index is 0.130. The molecular weight excluding hydrogens is 552 g/mol. The molecule has 0 unspecified atom stereocenters. The summed E-state index contributed by atoms with van der Waals surface area (Å²) in [6.07, 6.45) is 7.64. The van der Waals surface area contributed by atoms with Gasteiger partial charge in [-0.1, -0.05) is 69.7 Å². The second-order valence-corrected chi connectivity index (χ2v) is 13.6. The maximum absolute atomic E-state index is 12.7. The van der Waals surface area contributed by atoms with Crippen LogP contribution in [-0.2, 0) is 38.3 Å². The highest BCUT2D eigenvalue weighted by molar-refractivity contribution is 5.91. The summed E-state index contributed by atoms with van der Waals surface area (Å²) in [4.78, 5) is 25.4. The van der Waals surface area contributed by atoms with Crippen molar-refractivity contribution in [2.75, 3.05) is 13.2 Å². The van der Waals surface area contributed by atoms with Gasteiger partial charge in [0, 0.05) is 23.8 Å². The number of benzene rings is 2. The predicted octanol–water partition coefficient (Wildman–Crippen LogP) is 8.01. The number of aliphatic hydroxyl groups excluding tert-OH is 1. The lowest BCUT2D eigenvalue weighted by Gasteiger charge is -2.24. The van der Waals surface area contributed by atoms with Crippen LogP contribution in [0, 0.1) is 31.6 Å². The van der Waals surface area contributed by atoms with E-state index in [1.165, 1.54) is 16.7 Å². The van der Waals surface area contributed by atoms with Gasteiger partial charge in [-0.15, -0.1) is 0 Å². The van der Waals surface area contributed by atoms with Crippen molar-refractivity contribution in [1.29, 1.82) is 0 Å². The van der Waals surface area contributed by atoms with E-state index in [1.54, 1.807) is 0 Å². The van der Waals surface area contributed by atoms with Crippen molar-refractivity contribution in [2.24, 2.45) is 17.8 Å². The van der Waals surface area contributed by atoms with Gasteiger partial charge in [0.15, 0.2) is 5.60 Å².